The van der Waals surface area contributed by atoms with Crippen molar-refractivity contribution in [1.82, 2.24) is 8.96 Å². The number of benzene rings is 1. The van der Waals surface area contributed by atoms with E-state index in [9.17, 15) is 21.6 Å². The lowest BCUT2D eigenvalue weighted by atomic mass is 9.87. The molecule has 10 nitrogen and oxygen atoms in total. The molecule has 4 rings (SSSR count). The number of carbonyl (C=O) groups excluding carboxylic acids is 1. The van der Waals surface area contributed by atoms with Crippen LogP contribution >= 0.6 is 0 Å². The van der Waals surface area contributed by atoms with E-state index in [1.807, 2.05) is 6.92 Å². The Kier molecular flexibility index (Phi) is 7.39. The number of carbonyl (C=O) groups is 1. The van der Waals surface area contributed by atoms with Crippen molar-refractivity contribution >= 4 is 42.8 Å². The molecular weight excluding hydrogens is 506 g/mol. The lowest BCUT2D eigenvalue weighted by Crippen LogP contribution is -2.29. The van der Waals surface area contributed by atoms with Crippen molar-refractivity contribution in [2.75, 3.05) is 17.7 Å². The van der Waals surface area contributed by atoms with Gasteiger partial charge in [0.2, 0.25) is 0 Å². The van der Waals surface area contributed by atoms with Crippen LogP contribution in [0.15, 0.2) is 47.6 Å². The first-order chi connectivity index (χ1) is 17.0. The molecule has 1 aliphatic carbocycles. The molecule has 0 atom stereocenters. The lowest BCUT2D eigenvalue weighted by molar-refractivity contribution is 0.0527. The van der Waals surface area contributed by atoms with Gasteiger partial charge in [0, 0.05) is 23.8 Å². The van der Waals surface area contributed by atoms with E-state index in [1.165, 1.54) is 24.5 Å². The van der Waals surface area contributed by atoms with Gasteiger partial charge in [-0.25, -0.2) is 22.2 Å². The molecule has 2 aromatic heterocycles. The highest BCUT2D eigenvalue weighted by molar-refractivity contribution is 7.90. The maximum atomic E-state index is 13.3. The number of hydrogen-bond donors (Lipinski definition) is 2. The fourth-order valence-electron chi connectivity index (χ4n) is 4.58. The Balaban J connectivity index is 1.70. The molecule has 1 aliphatic rings. The number of anilines is 1. The smallest absolute Gasteiger partial charge is 0.341 e. The number of hydrogen-bond acceptors (Lipinski definition) is 8. The largest absolute Gasteiger partial charge is 0.462 e. The molecule has 0 radical (unpaired) electrons. The van der Waals surface area contributed by atoms with Crippen molar-refractivity contribution in [2.24, 2.45) is 5.92 Å². The van der Waals surface area contributed by atoms with E-state index in [2.05, 4.69) is 10.3 Å². The molecule has 0 spiro atoms. The molecule has 3 aromatic rings. The second-order valence-electron chi connectivity index (χ2n) is 9.04. The number of ether oxygens (including phenoxy) is 1. The van der Waals surface area contributed by atoms with E-state index < -0.39 is 26.1 Å². The predicted molar refractivity (Wildman–Crippen MR) is 135 cm³/mol. The normalized spacial score (nSPS) is 18.8. The SMILES string of the molecule is CCOC(=O)c1cnc2c(ccn2S(=O)(=O)c2ccc(C)cc2)c1N[C@H]1CC[C@H](CS(=O)(=O)O)CC1. The predicted octanol–water partition coefficient (Wildman–Crippen LogP) is 3.62. The minimum absolute atomic E-state index is 0.0847. The van der Waals surface area contributed by atoms with Crippen molar-refractivity contribution in [2.45, 2.75) is 50.5 Å². The number of aromatic nitrogens is 2. The monoisotopic (exact) mass is 535 g/mol. The third kappa shape index (κ3) is 5.55. The Morgan fingerprint density at radius 1 is 1.11 bits per heavy atom. The number of fused-ring (bicyclic) bond motifs is 1. The Bertz CT molecular complexity index is 1470. The van der Waals surface area contributed by atoms with Crippen LogP contribution in [-0.4, -0.2) is 54.7 Å². The summed E-state index contributed by atoms with van der Waals surface area (Å²) in [6.45, 7) is 3.73. The molecule has 1 saturated carbocycles. The molecule has 36 heavy (non-hydrogen) atoms. The average molecular weight is 536 g/mol. The molecule has 0 amide bonds. The summed E-state index contributed by atoms with van der Waals surface area (Å²) in [5.41, 5.74) is 1.72. The quantitative estimate of drug-likeness (QED) is 0.326. The van der Waals surface area contributed by atoms with Gasteiger partial charge in [-0.3, -0.25) is 4.55 Å². The summed E-state index contributed by atoms with van der Waals surface area (Å²) >= 11 is 0. The highest BCUT2D eigenvalue weighted by atomic mass is 32.2. The molecule has 2 N–H and O–H groups in total. The maximum Gasteiger partial charge on any atom is 0.341 e. The van der Waals surface area contributed by atoms with Crippen LogP contribution in [0.2, 0.25) is 0 Å². The van der Waals surface area contributed by atoms with E-state index in [1.54, 1.807) is 25.1 Å². The first-order valence-electron chi connectivity index (χ1n) is 11.7. The number of aryl methyl sites for hydroxylation is 1. The number of nitrogens with one attached hydrogen (secondary N) is 1. The van der Waals surface area contributed by atoms with E-state index in [4.69, 9.17) is 9.29 Å². The fraction of sp³-hybridized carbons (Fsp3) is 0.417. The highest BCUT2D eigenvalue weighted by Gasteiger charge is 2.28. The Hall–Kier alpha value is -2.96. The van der Waals surface area contributed by atoms with Gasteiger partial charge < -0.3 is 10.1 Å². The molecule has 194 valence electrons. The number of pyridine rings is 1. The topological polar surface area (TPSA) is 145 Å². The van der Waals surface area contributed by atoms with Crippen molar-refractivity contribution < 1.29 is 30.9 Å². The van der Waals surface area contributed by atoms with Crippen LogP contribution in [0.3, 0.4) is 0 Å². The van der Waals surface area contributed by atoms with Crippen LogP contribution in [0.1, 0.15) is 48.5 Å². The first kappa shape index (κ1) is 26.1. The van der Waals surface area contributed by atoms with Crippen molar-refractivity contribution in [3.05, 3.63) is 53.9 Å². The Labute approximate surface area is 210 Å². The zero-order valence-electron chi connectivity index (χ0n) is 20.0. The van der Waals surface area contributed by atoms with E-state index >= 15 is 0 Å². The maximum absolute atomic E-state index is 13.3. The summed E-state index contributed by atoms with van der Waals surface area (Å²) in [5, 5.41) is 3.82. The molecule has 0 unspecified atom stereocenters. The summed E-state index contributed by atoms with van der Waals surface area (Å²) in [5.74, 6) is -0.989. The minimum Gasteiger partial charge on any atom is -0.462 e. The molecule has 1 fully saturated rings. The van der Waals surface area contributed by atoms with Crippen LogP contribution < -0.4 is 5.32 Å². The zero-order chi connectivity index (χ0) is 26.1. The van der Waals surface area contributed by atoms with Gasteiger partial charge in [-0.2, -0.15) is 8.42 Å². The fourth-order valence-corrected chi connectivity index (χ4v) is 6.81. The minimum atomic E-state index is -4.04. The zero-order valence-corrected chi connectivity index (χ0v) is 21.7. The van der Waals surface area contributed by atoms with Crippen LogP contribution in [0.5, 0.6) is 0 Å². The summed E-state index contributed by atoms with van der Waals surface area (Å²) < 4.78 is 64.6. The summed E-state index contributed by atoms with van der Waals surface area (Å²) in [6, 6.07) is 8.02. The van der Waals surface area contributed by atoms with Gasteiger partial charge in [0.15, 0.2) is 5.65 Å². The van der Waals surface area contributed by atoms with E-state index in [0.717, 1.165) is 9.54 Å². The summed E-state index contributed by atoms with van der Waals surface area (Å²) in [4.78, 5) is 17.1. The molecule has 1 aromatic carbocycles. The van der Waals surface area contributed by atoms with Gasteiger partial charge in [-0.15, -0.1) is 0 Å². The standard InChI is InChI=1S/C24H29N3O7S2/c1-3-34-24(28)21-14-25-23-20(12-13-27(23)36(32,33)19-10-4-16(2)5-11-19)22(21)26-18-8-6-17(7-9-18)15-35(29,30)31/h4-5,10-14,17-18H,3,6-9,15H2,1-2H3,(H,25,26)(H,29,30,31)/t17-,18-. The molecule has 0 bridgehead atoms. The third-order valence-electron chi connectivity index (χ3n) is 6.40. The Morgan fingerprint density at radius 2 is 1.78 bits per heavy atom. The van der Waals surface area contributed by atoms with Gasteiger partial charge in [-0.1, -0.05) is 17.7 Å². The van der Waals surface area contributed by atoms with Crippen LogP contribution in [-0.2, 0) is 24.9 Å². The molecule has 0 aliphatic heterocycles. The summed E-state index contributed by atoms with van der Waals surface area (Å²) in [6.07, 6.45) is 5.14. The average Bonchev–Trinajstić information content (AvgIpc) is 3.25. The first-order valence-corrected chi connectivity index (χ1v) is 14.8. The van der Waals surface area contributed by atoms with Crippen molar-refractivity contribution in [3.63, 3.8) is 0 Å². The lowest BCUT2D eigenvalue weighted by Gasteiger charge is -2.29. The van der Waals surface area contributed by atoms with Crippen LogP contribution in [0, 0.1) is 12.8 Å². The van der Waals surface area contributed by atoms with Gasteiger partial charge in [-0.05, 0) is 63.6 Å². The molecule has 0 saturated heterocycles. The molecule has 12 heteroatoms. The third-order valence-corrected chi connectivity index (χ3v) is 8.97. The van der Waals surface area contributed by atoms with Crippen LogP contribution in [0.25, 0.3) is 11.0 Å². The second kappa shape index (κ2) is 10.2. The summed E-state index contributed by atoms with van der Waals surface area (Å²) in [7, 11) is -7.97. The van der Waals surface area contributed by atoms with Crippen LogP contribution in [0.4, 0.5) is 5.69 Å². The van der Waals surface area contributed by atoms with E-state index in [0.29, 0.717) is 36.8 Å². The molecular formula is C24H29N3O7S2. The van der Waals surface area contributed by atoms with Gasteiger partial charge in [0.05, 0.1) is 22.9 Å². The highest BCUT2D eigenvalue weighted by Crippen LogP contribution is 2.34. The number of nitrogens with zero attached hydrogens (tertiary/aromatic N) is 2. The van der Waals surface area contributed by atoms with Gasteiger partial charge >= 0.3 is 5.97 Å². The van der Waals surface area contributed by atoms with Crippen molar-refractivity contribution in [1.29, 1.82) is 0 Å². The second-order valence-corrected chi connectivity index (χ2v) is 12.4. The molecule has 2 heterocycles. The number of rotatable bonds is 8. The van der Waals surface area contributed by atoms with Crippen molar-refractivity contribution in [3.8, 4) is 0 Å². The van der Waals surface area contributed by atoms with Gasteiger partial charge in [0.25, 0.3) is 20.1 Å². The van der Waals surface area contributed by atoms with E-state index in [-0.39, 0.29) is 40.4 Å². The van der Waals surface area contributed by atoms with Gasteiger partial charge in [0.1, 0.15) is 5.56 Å². The Morgan fingerprint density at radius 3 is 2.39 bits per heavy atom. The number of esters is 1.